The fraction of sp³-hybridized carbons (Fsp3) is 0.412. The molecule has 130 valence electrons. The summed E-state index contributed by atoms with van der Waals surface area (Å²) in [4.78, 5) is 16.4. The summed E-state index contributed by atoms with van der Waals surface area (Å²) in [6.45, 7) is 6.04. The minimum Gasteiger partial charge on any atom is -0.440 e. The number of nitrogens with two attached hydrogens (primary N) is 1. The highest BCUT2D eigenvalue weighted by atomic mass is 35.5. The van der Waals surface area contributed by atoms with E-state index in [1.165, 1.54) is 11.8 Å². The van der Waals surface area contributed by atoms with Gasteiger partial charge in [-0.15, -0.1) is 11.8 Å². The number of aromatic nitrogens is 1. The first kappa shape index (κ1) is 18.8. The molecule has 0 aliphatic heterocycles. The van der Waals surface area contributed by atoms with Crippen LogP contribution in [0.3, 0.4) is 0 Å². The van der Waals surface area contributed by atoms with Gasteiger partial charge in [-0.1, -0.05) is 11.6 Å². The predicted octanol–water partition coefficient (Wildman–Crippen LogP) is 3.47. The Hall–Kier alpha value is -1.50. The summed E-state index contributed by atoms with van der Waals surface area (Å²) >= 11 is 7.35. The first-order valence-electron chi connectivity index (χ1n) is 7.65. The smallest absolute Gasteiger partial charge is 0.233 e. The molecule has 1 aromatic heterocycles. The van der Waals surface area contributed by atoms with E-state index in [-0.39, 0.29) is 11.2 Å². The van der Waals surface area contributed by atoms with Crippen LogP contribution in [0.1, 0.15) is 26.7 Å². The van der Waals surface area contributed by atoms with Crippen LogP contribution in [0, 0.1) is 0 Å². The Morgan fingerprint density at radius 1 is 1.42 bits per heavy atom. The summed E-state index contributed by atoms with van der Waals surface area (Å²) in [7, 11) is 0. The number of benzene rings is 1. The lowest BCUT2D eigenvalue weighted by atomic mass is 10.1. The molecule has 1 aromatic carbocycles. The van der Waals surface area contributed by atoms with Gasteiger partial charge >= 0.3 is 0 Å². The van der Waals surface area contributed by atoms with Crippen molar-refractivity contribution >= 4 is 29.3 Å². The number of thioether (sulfide) groups is 1. The van der Waals surface area contributed by atoms with Crippen LogP contribution in [0.5, 0.6) is 0 Å². The summed E-state index contributed by atoms with van der Waals surface area (Å²) in [6.07, 6.45) is 1.68. The topological polar surface area (TPSA) is 81.2 Å². The Kier molecular flexibility index (Phi) is 6.32. The predicted molar refractivity (Wildman–Crippen MR) is 99.0 cm³/mol. The van der Waals surface area contributed by atoms with Gasteiger partial charge in [0.25, 0.3) is 0 Å². The Morgan fingerprint density at radius 2 is 2.08 bits per heavy atom. The number of halogens is 1. The Morgan fingerprint density at radius 3 is 2.71 bits per heavy atom. The number of nitrogens with zero attached hydrogens (tertiary/aromatic N) is 1. The fourth-order valence-electron chi connectivity index (χ4n) is 1.88. The third-order valence-electron chi connectivity index (χ3n) is 3.48. The minimum atomic E-state index is -0.406. The van der Waals surface area contributed by atoms with E-state index < -0.39 is 5.54 Å². The summed E-state index contributed by atoms with van der Waals surface area (Å²) in [5, 5.41) is 3.38. The molecule has 1 amide bonds. The molecule has 1 atom stereocenters. The lowest BCUT2D eigenvalue weighted by Gasteiger charge is -2.25. The SMILES string of the molecule is CC(SCc1ncc(-c2ccc(Cl)cc2)o1)C(=O)NC(C)(C)CN. The molecular weight excluding hydrogens is 346 g/mol. The van der Waals surface area contributed by atoms with E-state index in [0.717, 1.165) is 5.56 Å². The number of hydrogen-bond acceptors (Lipinski definition) is 5. The Bertz CT molecular complexity index is 685. The van der Waals surface area contributed by atoms with Gasteiger partial charge in [-0.3, -0.25) is 4.79 Å². The molecule has 1 unspecified atom stereocenters. The highest BCUT2D eigenvalue weighted by Crippen LogP contribution is 2.25. The van der Waals surface area contributed by atoms with Crippen molar-refractivity contribution in [2.75, 3.05) is 6.54 Å². The molecule has 0 bridgehead atoms. The van der Waals surface area contributed by atoms with Crippen molar-refractivity contribution in [3.8, 4) is 11.3 Å². The normalized spacial score (nSPS) is 12.9. The zero-order valence-corrected chi connectivity index (χ0v) is 15.6. The monoisotopic (exact) mass is 367 g/mol. The minimum absolute atomic E-state index is 0.0417. The fourth-order valence-corrected chi connectivity index (χ4v) is 2.75. The van der Waals surface area contributed by atoms with Gasteiger partial charge in [0.15, 0.2) is 5.76 Å². The lowest BCUT2D eigenvalue weighted by Crippen LogP contribution is -2.51. The van der Waals surface area contributed by atoms with Gasteiger partial charge in [0.05, 0.1) is 17.2 Å². The highest BCUT2D eigenvalue weighted by molar-refractivity contribution is 7.99. The maximum Gasteiger partial charge on any atom is 0.233 e. The van der Waals surface area contributed by atoms with Crippen LogP contribution >= 0.6 is 23.4 Å². The molecule has 0 aliphatic carbocycles. The Balaban J connectivity index is 1.91. The number of rotatable bonds is 7. The van der Waals surface area contributed by atoms with Crippen molar-refractivity contribution in [1.82, 2.24) is 10.3 Å². The maximum absolute atomic E-state index is 12.1. The molecule has 2 rings (SSSR count). The average molecular weight is 368 g/mol. The second kappa shape index (κ2) is 8.05. The van der Waals surface area contributed by atoms with E-state index >= 15 is 0 Å². The van der Waals surface area contributed by atoms with E-state index in [1.807, 2.05) is 32.9 Å². The number of carbonyl (C=O) groups excluding carboxylic acids is 1. The second-order valence-corrected chi connectivity index (χ2v) is 7.92. The maximum atomic E-state index is 12.1. The van der Waals surface area contributed by atoms with Crippen LogP contribution in [0.15, 0.2) is 34.9 Å². The molecule has 5 nitrogen and oxygen atoms in total. The molecule has 0 saturated carbocycles. The van der Waals surface area contributed by atoms with Crippen molar-refractivity contribution < 1.29 is 9.21 Å². The van der Waals surface area contributed by atoms with Gasteiger partial charge in [-0.25, -0.2) is 4.98 Å². The molecule has 0 spiro atoms. The highest BCUT2D eigenvalue weighted by Gasteiger charge is 2.22. The number of hydrogen-bond donors (Lipinski definition) is 2. The van der Waals surface area contributed by atoms with Crippen molar-refractivity contribution in [2.45, 2.75) is 37.3 Å². The van der Waals surface area contributed by atoms with Crippen LogP contribution in [-0.4, -0.2) is 28.2 Å². The summed E-state index contributed by atoms with van der Waals surface area (Å²) in [5.74, 6) is 1.75. The Labute approximate surface area is 151 Å². The molecule has 0 saturated heterocycles. The zero-order chi connectivity index (χ0) is 17.7. The summed E-state index contributed by atoms with van der Waals surface area (Å²) in [5.41, 5.74) is 6.14. The summed E-state index contributed by atoms with van der Waals surface area (Å²) in [6, 6.07) is 7.37. The molecule has 0 fully saturated rings. The molecule has 24 heavy (non-hydrogen) atoms. The van der Waals surface area contributed by atoms with E-state index in [1.54, 1.807) is 18.3 Å². The van der Waals surface area contributed by atoms with E-state index in [4.69, 9.17) is 21.8 Å². The zero-order valence-electron chi connectivity index (χ0n) is 14.0. The first-order valence-corrected chi connectivity index (χ1v) is 9.08. The molecule has 2 aromatic rings. The number of amides is 1. The number of carbonyl (C=O) groups is 1. The third kappa shape index (κ3) is 5.26. The van der Waals surface area contributed by atoms with Gasteiger partial charge in [0.1, 0.15) is 0 Å². The van der Waals surface area contributed by atoms with Crippen LogP contribution in [-0.2, 0) is 10.5 Å². The standard InChI is InChI=1S/C17H22ClN3O2S/c1-11(16(22)21-17(2,3)10-19)24-9-15-20-8-14(23-15)12-4-6-13(18)7-5-12/h4-8,11H,9-10,19H2,1-3H3,(H,21,22). The molecule has 7 heteroatoms. The van der Waals surface area contributed by atoms with Crippen LogP contribution in [0.4, 0.5) is 0 Å². The average Bonchev–Trinajstić information content (AvgIpc) is 3.01. The van der Waals surface area contributed by atoms with Crippen LogP contribution in [0.2, 0.25) is 5.02 Å². The van der Waals surface area contributed by atoms with Gasteiger partial charge < -0.3 is 15.5 Å². The molecular formula is C17H22ClN3O2S. The molecule has 0 aliphatic rings. The third-order valence-corrected chi connectivity index (χ3v) is 4.86. The summed E-state index contributed by atoms with van der Waals surface area (Å²) < 4.78 is 5.74. The van der Waals surface area contributed by atoms with Gasteiger partial charge in [-0.2, -0.15) is 0 Å². The van der Waals surface area contributed by atoms with Gasteiger partial charge in [0.2, 0.25) is 11.8 Å². The molecule has 1 heterocycles. The van der Waals surface area contributed by atoms with E-state index in [0.29, 0.717) is 29.0 Å². The molecule has 3 N–H and O–H groups in total. The van der Waals surface area contributed by atoms with Crippen molar-refractivity contribution in [1.29, 1.82) is 0 Å². The van der Waals surface area contributed by atoms with Crippen LogP contribution < -0.4 is 11.1 Å². The quantitative estimate of drug-likeness (QED) is 0.783. The van der Waals surface area contributed by atoms with Crippen molar-refractivity contribution in [3.63, 3.8) is 0 Å². The van der Waals surface area contributed by atoms with Gasteiger partial charge in [0, 0.05) is 22.7 Å². The first-order chi connectivity index (χ1) is 11.3. The number of nitrogens with one attached hydrogen (secondary N) is 1. The van der Waals surface area contributed by atoms with Crippen LogP contribution in [0.25, 0.3) is 11.3 Å². The molecule has 0 radical (unpaired) electrons. The number of oxazole rings is 1. The van der Waals surface area contributed by atoms with E-state index in [9.17, 15) is 4.79 Å². The van der Waals surface area contributed by atoms with E-state index in [2.05, 4.69) is 10.3 Å². The van der Waals surface area contributed by atoms with Crippen molar-refractivity contribution in [3.05, 3.63) is 41.4 Å². The van der Waals surface area contributed by atoms with Gasteiger partial charge in [-0.05, 0) is 45.0 Å². The largest absolute Gasteiger partial charge is 0.440 e. The second-order valence-electron chi connectivity index (χ2n) is 6.16. The lowest BCUT2D eigenvalue weighted by molar-refractivity contribution is -0.121. The van der Waals surface area contributed by atoms with Crippen molar-refractivity contribution in [2.24, 2.45) is 5.73 Å².